The first-order valence-corrected chi connectivity index (χ1v) is 5.36. The lowest BCUT2D eigenvalue weighted by Gasteiger charge is -2.29. The molecular formula is C12H16N2O. The van der Waals surface area contributed by atoms with Gasteiger partial charge in [-0.3, -0.25) is 9.78 Å². The smallest absolute Gasteiger partial charge is 0.221 e. The zero-order valence-corrected chi connectivity index (χ0v) is 9.16. The first-order valence-electron chi connectivity index (χ1n) is 5.36. The molecule has 2 unspecified atom stereocenters. The number of carbonyl (C=O) groups is 1. The van der Waals surface area contributed by atoms with Gasteiger partial charge >= 0.3 is 0 Å². The average Bonchev–Trinajstić information content (AvgIpc) is 2.56. The molecule has 0 radical (unpaired) electrons. The van der Waals surface area contributed by atoms with E-state index in [2.05, 4.69) is 30.2 Å². The van der Waals surface area contributed by atoms with E-state index in [9.17, 15) is 4.79 Å². The minimum Gasteiger partial charge on any atom is -0.352 e. The SMILES string of the molecule is CCC1NC(=O)CC1(C)c1cccnc1. The van der Waals surface area contributed by atoms with Gasteiger partial charge in [-0.25, -0.2) is 0 Å². The molecule has 1 saturated heterocycles. The van der Waals surface area contributed by atoms with E-state index in [4.69, 9.17) is 0 Å². The van der Waals surface area contributed by atoms with Crippen molar-refractivity contribution >= 4 is 5.91 Å². The van der Waals surface area contributed by atoms with Crippen molar-refractivity contribution < 1.29 is 4.79 Å². The Morgan fingerprint density at radius 2 is 2.47 bits per heavy atom. The molecule has 2 rings (SSSR count). The number of rotatable bonds is 2. The first-order chi connectivity index (χ1) is 7.16. The van der Waals surface area contributed by atoms with Crippen LogP contribution in [0.1, 0.15) is 32.3 Å². The first kappa shape index (κ1) is 10.1. The van der Waals surface area contributed by atoms with Gasteiger partial charge in [-0.1, -0.05) is 19.9 Å². The van der Waals surface area contributed by atoms with Crippen LogP contribution in [0.3, 0.4) is 0 Å². The Bertz CT molecular complexity index is 363. The summed E-state index contributed by atoms with van der Waals surface area (Å²) in [4.78, 5) is 15.6. The Morgan fingerprint density at radius 1 is 1.67 bits per heavy atom. The van der Waals surface area contributed by atoms with Gasteiger partial charge in [-0.05, 0) is 18.1 Å². The lowest BCUT2D eigenvalue weighted by atomic mass is 9.76. The van der Waals surface area contributed by atoms with Crippen molar-refractivity contribution in [1.29, 1.82) is 0 Å². The number of hydrogen-bond acceptors (Lipinski definition) is 2. The van der Waals surface area contributed by atoms with Crippen LogP contribution in [-0.2, 0) is 10.2 Å². The summed E-state index contributed by atoms with van der Waals surface area (Å²) in [6.45, 7) is 4.24. The van der Waals surface area contributed by atoms with Gasteiger partial charge in [0.05, 0.1) is 0 Å². The molecule has 3 nitrogen and oxygen atoms in total. The number of nitrogens with zero attached hydrogens (tertiary/aromatic N) is 1. The molecule has 0 saturated carbocycles. The lowest BCUT2D eigenvalue weighted by molar-refractivity contribution is -0.119. The van der Waals surface area contributed by atoms with Gasteiger partial charge in [0.25, 0.3) is 0 Å². The molecule has 1 aliphatic heterocycles. The number of nitrogens with one attached hydrogen (secondary N) is 1. The largest absolute Gasteiger partial charge is 0.352 e. The second-order valence-corrected chi connectivity index (χ2v) is 4.36. The molecule has 80 valence electrons. The van der Waals surface area contributed by atoms with Gasteiger partial charge in [-0.2, -0.15) is 0 Å². The molecule has 2 heterocycles. The normalized spacial score (nSPS) is 30.3. The number of pyridine rings is 1. The highest BCUT2D eigenvalue weighted by Crippen LogP contribution is 2.36. The fraction of sp³-hybridized carbons (Fsp3) is 0.500. The van der Waals surface area contributed by atoms with Crippen molar-refractivity contribution in [3.05, 3.63) is 30.1 Å². The highest BCUT2D eigenvalue weighted by atomic mass is 16.2. The molecule has 2 atom stereocenters. The molecule has 1 aromatic heterocycles. The topological polar surface area (TPSA) is 42.0 Å². The Hall–Kier alpha value is -1.38. The molecule has 0 aliphatic carbocycles. The lowest BCUT2D eigenvalue weighted by Crippen LogP contribution is -2.37. The summed E-state index contributed by atoms with van der Waals surface area (Å²) in [5, 5.41) is 3.03. The van der Waals surface area contributed by atoms with Gasteiger partial charge in [0.15, 0.2) is 0 Å². The molecule has 1 amide bonds. The molecule has 3 heteroatoms. The van der Waals surface area contributed by atoms with E-state index in [1.54, 1.807) is 6.20 Å². The van der Waals surface area contributed by atoms with E-state index in [1.807, 2.05) is 12.3 Å². The zero-order chi connectivity index (χ0) is 10.9. The van der Waals surface area contributed by atoms with Crippen molar-refractivity contribution in [2.24, 2.45) is 0 Å². The maximum absolute atomic E-state index is 11.5. The number of carbonyl (C=O) groups excluding carboxylic acids is 1. The van der Waals surface area contributed by atoms with Crippen LogP contribution in [0.2, 0.25) is 0 Å². The maximum atomic E-state index is 11.5. The van der Waals surface area contributed by atoms with Crippen molar-refractivity contribution in [2.75, 3.05) is 0 Å². The van der Waals surface area contributed by atoms with Crippen LogP contribution in [0.5, 0.6) is 0 Å². The van der Waals surface area contributed by atoms with Gasteiger partial charge in [0.1, 0.15) is 0 Å². The van der Waals surface area contributed by atoms with E-state index < -0.39 is 0 Å². The van der Waals surface area contributed by atoms with E-state index in [0.717, 1.165) is 12.0 Å². The summed E-state index contributed by atoms with van der Waals surface area (Å²) in [6.07, 6.45) is 5.15. The standard InChI is InChI=1S/C12H16N2O/c1-3-10-12(2,7-11(15)14-10)9-5-4-6-13-8-9/h4-6,8,10H,3,7H2,1-2H3,(H,14,15). The quantitative estimate of drug-likeness (QED) is 0.795. The maximum Gasteiger partial charge on any atom is 0.221 e. The Kier molecular flexibility index (Phi) is 2.47. The number of hydrogen-bond donors (Lipinski definition) is 1. The molecule has 1 aliphatic rings. The van der Waals surface area contributed by atoms with E-state index in [0.29, 0.717) is 6.42 Å². The molecule has 1 fully saturated rings. The van der Waals surface area contributed by atoms with Gasteiger partial charge in [0.2, 0.25) is 5.91 Å². The molecule has 0 spiro atoms. The van der Waals surface area contributed by atoms with Gasteiger partial charge in [-0.15, -0.1) is 0 Å². The predicted octanol–water partition coefficient (Wildman–Crippen LogP) is 1.64. The third-order valence-corrected chi connectivity index (χ3v) is 3.36. The third kappa shape index (κ3) is 1.62. The van der Waals surface area contributed by atoms with Crippen LogP contribution in [-0.4, -0.2) is 16.9 Å². The molecular weight excluding hydrogens is 188 g/mol. The summed E-state index contributed by atoms with van der Waals surface area (Å²) in [6, 6.07) is 4.21. The predicted molar refractivity (Wildman–Crippen MR) is 58.4 cm³/mol. The third-order valence-electron chi connectivity index (χ3n) is 3.36. The second-order valence-electron chi connectivity index (χ2n) is 4.36. The van der Waals surface area contributed by atoms with Crippen LogP contribution >= 0.6 is 0 Å². The van der Waals surface area contributed by atoms with Crippen molar-refractivity contribution in [3.63, 3.8) is 0 Å². The summed E-state index contributed by atoms with van der Waals surface area (Å²) in [5.74, 6) is 0.146. The Balaban J connectivity index is 2.37. The van der Waals surface area contributed by atoms with Crippen LogP contribution < -0.4 is 5.32 Å². The van der Waals surface area contributed by atoms with Crippen LogP contribution in [0.15, 0.2) is 24.5 Å². The molecule has 1 N–H and O–H groups in total. The fourth-order valence-corrected chi connectivity index (χ4v) is 2.42. The molecule has 15 heavy (non-hydrogen) atoms. The van der Waals surface area contributed by atoms with E-state index >= 15 is 0 Å². The Morgan fingerprint density at radius 3 is 3.07 bits per heavy atom. The minimum atomic E-state index is -0.0971. The average molecular weight is 204 g/mol. The summed E-state index contributed by atoms with van der Waals surface area (Å²) >= 11 is 0. The molecule has 0 bridgehead atoms. The van der Waals surface area contributed by atoms with Gasteiger partial charge in [0, 0.05) is 30.3 Å². The molecule has 0 aromatic carbocycles. The highest BCUT2D eigenvalue weighted by Gasteiger charge is 2.43. The minimum absolute atomic E-state index is 0.0971. The summed E-state index contributed by atoms with van der Waals surface area (Å²) in [7, 11) is 0. The summed E-state index contributed by atoms with van der Waals surface area (Å²) < 4.78 is 0. The fourth-order valence-electron chi connectivity index (χ4n) is 2.42. The zero-order valence-electron chi connectivity index (χ0n) is 9.16. The van der Waals surface area contributed by atoms with E-state index in [1.165, 1.54) is 0 Å². The number of amides is 1. The Labute approximate surface area is 89.9 Å². The number of aromatic nitrogens is 1. The van der Waals surface area contributed by atoms with Crippen molar-refractivity contribution in [1.82, 2.24) is 10.3 Å². The highest BCUT2D eigenvalue weighted by molar-refractivity contribution is 5.81. The van der Waals surface area contributed by atoms with E-state index in [-0.39, 0.29) is 17.4 Å². The summed E-state index contributed by atoms with van der Waals surface area (Å²) in [5.41, 5.74) is 1.05. The van der Waals surface area contributed by atoms with Crippen LogP contribution in [0.25, 0.3) is 0 Å². The molecule has 1 aromatic rings. The van der Waals surface area contributed by atoms with Crippen molar-refractivity contribution in [2.45, 2.75) is 38.1 Å². The van der Waals surface area contributed by atoms with Crippen LogP contribution in [0.4, 0.5) is 0 Å². The second kappa shape index (κ2) is 3.65. The van der Waals surface area contributed by atoms with Crippen molar-refractivity contribution in [3.8, 4) is 0 Å². The van der Waals surface area contributed by atoms with Gasteiger partial charge < -0.3 is 5.32 Å². The van der Waals surface area contributed by atoms with Crippen LogP contribution in [0, 0.1) is 0 Å². The monoisotopic (exact) mass is 204 g/mol.